The van der Waals surface area contributed by atoms with E-state index in [1.807, 2.05) is 0 Å². The molecule has 4 heteroatoms. The van der Waals surface area contributed by atoms with Crippen LogP contribution in [0.5, 0.6) is 0 Å². The zero-order chi connectivity index (χ0) is 15.5. The van der Waals surface area contributed by atoms with E-state index in [0.717, 1.165) is 32.1 Å². The number of terminal acetylenes is 1. The Morgan fingerprint density at radius 2 is 1.90 bits per heavy atom. The van der Waals surface area contributed by atoms with Gasteiger partial charge in [-0.3, -0.25) is 4.79 Å². The largest absolute Gasteiger partial charge is 0.462 e. The molecule has 1 fully saturated rings. The third-order valence-electron chi connectivity index (χ3n) is 4.03. The highest BCUT2D eigenvalue weighted by atomic mass is 16.5. The Kier molecular flexibility index (Phi) is 9.12. The fraction of sp³-hybridized carbons (Fsp3) is 0.824. The lowest BCUT2D eigenvalue weighted by atomic mass is 9.96. The fourth-order valence-electron chi connectivity index (χ4n) is 2.80. The van der Waals surface area contributed by atoms with Crippen molar-refractivity contribution in [3.05, 3.63) is 0 Å². The monoisotopic (exact) mass is 296 g/mol. The average Bonchev–Trinajstić information content (AvgIpc) is 2.82. The number of carbonyl (C=O) groups is 1. The van der Waals surface area contributed by atoms with Crippen molar-refractivity contribution in [2.75, 3.05) is 6.61 Å². The van der Waals surface area contributed by atoms with Gasteiger partial charge in [-0.05, 0) is 32.1 Å². The molecule has 120 valence electrons. The van der Waals surface area contributed by atoms with Gasteiger partial charge in [-0.2, -0.15) is 0 Å². The second-order valence-electron chi connectivity index (χ2n) is 5.93. The summed E-state index contributed by atoms with van der Waals surface area (Å²) in [7, 11) is 0. The number of hydrogen-bond donors (Lipinski definition) is 2. The normalized spacial score (nSPS) is 22.8. The molecule has 0 aromatic heterocycles. The van der Waals surface area contributed by atoms with Gasteiger partial charge >= 0.3 is 5.97 Å². The molecular formula is C17H28O4. The first kappa shape index (κ1) is 18.0. The summed E-state index contributed by atoms with van der Waals surface area (Å²) in [4.78, 5) is 11.6. The highest BCUT2D eigenvalue weighted by molar-refractivity contribution is 5.74. The highest BCUT2D eigenvalue weighted by Gasteiger charge is 2.34. The van der Waals surface area contributed by atoms with Crippen molar-refractivity contribution < 1.29 is 19.7 Å². The zero-order valence-electron chi connectivity index (χ0n) is 12.8. The number of unbranched alkanes of at least 4 members (excludes halogenated alkanes) is 6. The molecule has 1 rings (SSSR count). The van der Waals surface area contributed by atoms with Crippen molar-refractivity contribution in [3.8, 4) is 12.3 Å². The molecule has 0 aromatic carbocycles. The molecule has 0 radical (unpaired) electrons. The molecule has 0 amide bonds. The number of aliphatic hydroxyl groups is 2. The zero-order valence-corrected chi connectivity index (χ0v) is 12.8. The lowest BCUT2D eigenvalue weighted by Crippen LogP contribution is -2.20. The molecule has 0 unspecified atom stereocenters. The van der Waals surface area contributed by atoms with Gasteiger partial charge in [0.05, 0.1) is 18.6 Å². The van der Waals surface area contributed by atoms with Gasteiger partial charge in [-0.1, -0.05) is 25.7 Å². The van der Waals surface area contributed by atoms with Crippen LogP contribution in [0.4, 0.5) is 0 Å². The van der Waals surface area contributed by atoms with Crippen molar-refractivity contribution in [2.24, 2.45) is 5.92 Å². The van der Waals surface area contributed by atoms with E-state index in [2.05, 4.69) is 5.92 Å². The summed E-state index contributed by atoms with van der Waals surface area (Å²) in [6.07, 6.45) is 14.1. The Hall–Kier alpha value is -1.05. The highest BCUT2D eigenvalue weighted by Crippen LogP contribution is 2.28. The van der Waals surface area contributed by atoms with Gasteiger partial charge in [0.1, 0.15) is 6.10 Å². The van der Waals surface area contributed by atoms with E-state index in [0.29, 0.717) is 12.8 Å². The van der Waals surface area contributed by atoms with Crippen LogP contribution < -0.4 is 0 Å². The molecule has 1 aliphatic rings. The van der Waals surface area contributed by atoms with E-state index in [9.17, 15) is 9.90 Å². The molecular weight excluding hydrogens is 268 g/mol. The second kappa shape index (κ2) is 10.6. The minimum atomic E-state index is -0.815. The van der Waals surface area contributed by atoms with E-state index >= 15 is 0 Å². The second-order valence-corrected chi connectivity index (χ2v) is 5.93. The Labute approximate surface area is 127 Å². The van der Waals surface area contributed by atoms with Gasteiger partial charge in [-0.25, -0.2) is 0 Å². The van der Waals surface area contributed by atoms with Crippen LogP contribution in [0.25, 0.3) is 0 Å². The van der Waals surface area contributed by atoms with E-state index in [1.54, 1.807) is 0 Å². The van der Waals surface area contributed by atoms with Crippen molar-refractivity contribution in [3.63, 3.8) is 0 Å². The number of esters is 1. The van der Waals surface area contributed by atoms with Crippen molar-refractivity contribution in [1.82, 2.24) is 0 Å². The molecule has 0 spiro atoms. The first-order valence-corrected chi connectivity index (χ1v) is 8.10. The number of rotatable bonds is 11. The topological polar surface area (TPSA) is 66.8 Å². The first-order valence-electron chi connectivity index (χ1n) is 8.10. The van der Waals surface area contributed by atoms with E-state index in [-0.39, 0.29) is 24.6 Å². The average molecular weight is 296 g/mol. The number of cyclic esters (lactones) is 1. The molecule has 0 saturated carbocycles. The summed E-state index contributed by atoms with van der Waals surface area (Å²) in [6, 6.07) is 0. The predicted octanol–water partition coefficient (Wildman–Crippen LogP) is 2.42. The molecule has 4 nitrogen and oxygen atoms in total. The SMILES string of the molecule is C#CCCCCCCCC[C@@H]1C[C@H](C[C@H](O)CO)C(=O)O1. The maximum atomic E-state index is 11.6. The number of aliphatic hydroxyl groups excluding tert-OH is 2. The van der Waals surface area contributed by atoms with E-state index in [4.69, 9.17) is 16.3 Å². The summed E-state index contributed by atoms with van der Waals surface area (Å²) in [6.45, 7) is -0.297. The molecule has 1 heterocycles. The number of ether oxygens (including phenoxy) is 1. The number of carbonyl (C=O) groups excluding carboxylic acids is 1. The Bertz CT molecular complexity index is 334. The molecule has 1 saturated heterocycles. The van der Waals surface area contributed by atoms with Gasteiger partial charge in [0.15, 0.2) is 0 Å². The molecule has 21 heavy (non-hydrogen) atoms. The lowest BCUT2D eigenvalue weighted by molar-refractivity contribution is -0.145. The molecule has 0 bridgehead atoms. The molecule has 0 aromatic rings. The van der Waals surface area contributed by atoms with E-state index < -0.39 is 6.10 Å². The molecule has 3 atom stereocenters. The standard InChI is InChI=1S/C17H28O4/c1-2-3-4-5-6-7-8-9-10-16-12-14(17(20)21-16)11-15(19)13-18/h1,14-16,18-19H,3-13H2/t14-,15-,16+/m0/s1. The van der Waals surface area contributed by atoms with E-state index in [1.165, 1.54) is 19.3 Å². The maximum absolute atomic E-state index is 11.6. The van der Waals surface area contributed by atoms with Crippen LogP contribution >= 0.6 is 0 Å². The lowest BCUT2D eigenvalue weighted by Gasteiger charge is -2.10. The van der Waals surface area contributed by atoms with Crippen molar-refractivity contribution >= 4 is 5.97 Å². The van der Waals surface area contributed by atoms with Crippen LogP contribution in [0, 0.1) is 18.3 Å². The van der Waals surface area contributed by atoms with Crippen molar-refractivity contribution in [1.29, 1.82) is 0 Å². The smallest absolute Gasteiger partial charge is 0.309 e. The van der Waals surface area contributed by atoms with Gasteiger partial charge < -0.3 is 14.9 Å². The minimum absolute atomic E-state index is 0.00478. The van der Waals surface area contributed by atoms with Gasteiger partial charge in [0.25, 0.3) is 0 Å². The summed E-state index contributed by atoms with van der Waals surface area (Å²) in [5.74, 6) is 2.18. The first-order chi connectivity index (χ1) is 10.2. The Morgan fingerprint density at radius 1 is 1.24 bits per heavy atom. The fourth-order valence-corrected chi connectivity index (χ4v) is 2.80. The maximum Gasteiger partial charge on any atom is 0.309 e. The quantitative estimate of drug-likeness (QED) is 0.349. The molecule has 0 aliphatic carbocycles. The third kappa shape index (κ3) is 7.50. The minimum Gasteiger partial charge on any atom is -0.462 e. The van der Waals surface area contributed by atoms with Crippen LogP contribution in [-0.4, -0.2) is 35.0 Å². The Morgan fingerprint density at radius 3 is 2.57 bits per heavy atom. The summed E-state index contributed by atoms with van der Waals surface area (Å²) in [5.41, 5.74) is 0. The van der Waals surface area contributed by atoms with Gasteiger partial charge in [-0.15, -0.1) is 12.3 Å². The van der Waals surface area contributed by atoms with Crippen LogP contribution in [0.15, 0.2) is 0 Å². The summed E-state index contributed by atoms with van der Waals surface area (Å²) < 4.78 is 5.33. The number of hydrogen-bond acceptors (Lipinski definition) is 4. The van der Waals surface area contributed by atoms with Crippen LogP contribution in [0.3, 0.4) is 0 Å². The third-order valence-corrected chi connectivity index (χ3v) is 4.03. The summed E-state index contributed by atoms with van der Waals surface area (Å²) >= 11 is 0. The van der Waals surface area contributed by atoms with Gasteiger partial charge in [0, 0.05) is 6.42 Å². The van der Waals surface area contributed by atoms with Crippen molar-refractivity contribution in [2.45, 2.75) is 76.4 Å². The molecule has 1 aliphatic heterocycles. The van der Waals surface area contributed by atoms with Gasteiger partial charge in [0.2, 0.25) is 0 Å². The predicted molar refractivity (Wildman–Crippen MR) is 81.5 cm³/mol. The van der Waals surface area contributed by atoms with Crippen LogP contribution in [-0.2, 0) is 9.53 Å². The summed E-state index contributed by atoms with van der Waals surface area (Å²) in [5, 5.41) is 18.2. The van der Waals surface area contributed by atoms with Crippen LogP contribution in [0.2, 0.25) is 0 Å². The Balaban J connectivity index is 2.04. The molecule has 2 N–H and O–H groups in total. The van der Waals surface area contributed by atoms with Crippen LogP contribution in [0.1, 0.15) is 64.2 Å².